The second-order valence-corrected chi connectivity index (χ2v) is 8.10. The molecule has 0 radical (unpaired) electrons. The van der Waals surface area contributed by atoms with Crippen molar-refractivity contribution in [2.45, 2.75) is 13.1 Å². The van der Waals surface area contributed by atoms with Crippen LogP contribution in [0.25, 0.3) is 21.7 Å². The summed E-state index contributed by atoms with van der Waals surface area (Å²) >= 11 is 12.1. The number of amides is 1. The van der Waals surface area contributed by atoms with E-state index in [0.717, 1.165) is 22.1 Å². The first kappa shape index (κ1) is 21.2. The minimum Gasteiger partial charge on any atom is -0.497 e. The van der Waals surface area contributed by atoms with Crippen molar-refractivity contribution in [1.82, 2.24) is 14.5 Å². The highest BCUT2D eigenvalue weighted by molar-refractivity contribution is 6.38. The highest BCUT2D eigenvalue weighted by Crippen LogP contribution is 2.24. The fourth-order valence-electron chi connectivity index (χ4n) is 3.43. The number of aromatic nitrogens is 2. The molecule has 0 N–H and O–H groups in total. The molecular formula is C23H19Cl2N3O3. The fourth-order valence-corrected chi connectivity index (χ4v) is 3.98. The van der Waals surface area contributed by atoms with Crippen molar-refractivity contribution in [3.05, 3.63) is 80.8 Å². The summed E-state index contributed by atoms with van der Waals surface area (Å²) in [7, 11) is 3.34. The molecule has 158 valence electrons. The molecule has 0 saturated carbocycles. The smallest absolute Gasteiger partial charge is 0.261 e. The summed E-state index contributed by atoms with van der Waals surface area (Å²) in [5, 5.41) is 3.03. The lowest BCUT2D eigenvalue weighted by atomic mass is 10.1. The van der Waals surface area contributed by atoms with Gasteiger partial charge in [-0.3, -0.25) is 14.2 Å². The largest absolute Gasteiger partial charge is 0.497 e. The molecule has 4 aromatic rings. The van der Waals surface area contributed by atoms with Gasteiger partial charge in [-0.25, -0.2) is 4.98 Å². The number of fused-ring (bicyclic) bond motifs is 2. The number of nitrogens with zero attached hydrogens (tertiary/aromatic N) is 3. The highest BCUT2D eigenvalue weighted by atomic mass is 35.5. The van der Waals surface area contributed by atoms with Gasteiger partial charge in [0.2, 0.25) is 5.91 Å². The Bertz CT molecular complexity index is 1370. The van der Waals surface area contributed by atoms with Crippen LogP contribution in [0.2, 0.25) is 10.0 Å². The van der Waals surface area contributed by atoms with Crippen molar-refractivity contribution in [3.8, 4) is 5.75 Å². The Morgan fingerprint density at radius 1 is 1.10 bits per heavy atom. The average molecular weight is 456 g/mol. The zero-order chi connectivity index (χ0) is 22.1. The number of carbonyl (C=O) groups is 1. The summed E-state index contributed by atoms with van der Waals surface area (Å²) in [6.45, 7) is 0.279. The van der Waals surface area contributed by atoms with Crippen LogP contribution in [0.4, 0.5) is 0 Å². The Morgan fingerprint density at radius 3 is 2.61 bits per heavy atom. The first-order valence-electron chi connectivity index (χ1n) is 9.50. The summed E-state index contributed by atoms with van der Waals surface area (Å²) in [5.74, 6) is 0.579. The summed E-state index contributed by atoms with van der Waals surface area (Å²) in [4.78, 5) is 31.3. The van der Waals surface area contributed by atoms with Gasteiger partial charge in [-0.05, 0) is 46.7 Å². The molecule has 3 aromatic carbocycles. The number of carbonyl (C=O) groups excluding carboxylic acids is 1. The van der Waals surface area contributed by atoms with Gasteiger partial charge in [0.25, 0.3) is 5.56 Å². The lowest BCUT2D eigenvalue weighted by Crippen LogP contribution is -2.33. The third-order valence-electron chi connectivity index (χ3n) is 5.11. The van der Waals surface area contributed by atoms with Gasteiger partial charge in [0.05, 0.1) is 29.4 Å². The van der Waals surface area contributed by atoms with Crippen molar-refractivity contribution in [2.24, 2.45) is 0 Å². The Labute approximate surface area is 188 Å². The number of hydrogen-bond donors (Lipinski definition) is 0. The second kappa shape index (κ2) is 8.57. The molecule has 0 spiro atoms. The normalized spacial score (nSPS) is 11.1. The fraction of sp³-hybridized carbons (Fsp3) is 0.174. The highest BCUT2D eigenvalue weighted by Gasteiger charge is 2.14. The van der Waals surface area contributed by atoms with Gasteiger partial charge >= 0.3 is 0 Å². The van der Waals surface area contributed by atoms with E-state index in [1.165, 1.54) is 23.0 Å². The van der Waals surface area contributed by atoms with Crippen LogP contribution in [-0.4, -0.2) is 34.5 Å². The second-order valence-electron chi connectivity index (χ2n) is 7.26. The number of methoxy groups -OCH3 is 1. The maximum atomic E-state index is 12.8. The van der Waals surface area contributed by atoms with Gasteiger partial charge < -0.3 is 9.64 Å². The van der Waals surface area contributed by atoms with Crippen molar-refractivity contribution >= 4 is 50.8 Å². The van der Waals surface area contributed by atoms with E-state index in [2.05, 4.69) is 4.98 Å². The summed E-state index contributed by atoms with van der Waals surface area (Å²) < 4.78 is 6.52. The number of ether oxygens (including phenoxy) is 1. The van der Waals surface area contributed by atoms with E-state index in [-0.39, 0.29) is 23.4 Å². The zero-order valence-corrected chi connectivity index (χ0v) is 18.4. The van der Waals surface area contributed by atoms with Crippen molar-refractivity contribution in [2.75, 3.05) is 14.2 Å². The molecule has 0 aliphatic rings. The van der Waals surface area contributed by atoms with Gasteiger partial charge in [-0.15, -0.1) is 0 Å². The minimum atomic E-state index is -0.365. The van der Waals surface area contributed by atoms with E-state index < -0.39 is 0 Å². The third kappa shape index (κ3) is 4.36. The quantitative estimate of drug-likeness (QED) is 0.443. The Balaban J connectivity index is 1.53. The molecule has 0 aliphatic carbocycles. The van der Waals surface area contributed by atoms with Crippen molar-refractivity contribution in [3.63, 3.8) is 0 Å². The number of rotatable bonds is 5. The average Bonchev–Trinajstić information content (AvgIpc) is 2.75. The summed E-state index contributed by atoms with van der Waals surface area (Å²) in [6, 6.07) is 14.9. The maximum absolute atomic E-state index is 12.8. The topological polar surface area (TPSA) is 64.4 Å². The monoisotopic (exact) mass is 455 g/mol. The van der Waals surface area contributed by atoms with Crippen LogP contribution in [-0.2, 0) is 17.9 Å². The van der Waals surface area contributed by atoms with E-state index in [9.17, 15) is 9.59 Å². The van der Waals surface area contributed by atoms with E-state index in [0.29, 0.717) is 22.1 Å². The molecule has 1 aromatic heterocycles. The van der Waals surface area contributed by atoms with E-state index in [1.54, 1.807) is 19.1 Å². The molecule has 0 aliphatic heterocycles. The SMILES string of the molecule is COc1ccc2cc(CN(C)C(=O)Cn3cnc4c(Cl)cc(Cl)cc4c3=O)ccc2c1. The third-order valence-corrected chi connectivity index (χ3v) is 5.61. The lowest BCUT2D eigenvalue weighted by molar-refractivity contribution is -0.131. The molecule has 4 rings (SSSR count). The number of halogens is 2. The molecule has 31 heavy (non-hydrogen) atoms. The Morgan fingerprint density at radius 2 is 1.84 bits per heavy atom. The molecule has 0 bridgehead atoms. The standard InChI is InChI=1S/C23H19Cl2N3O3/c1-27(11-14-3-4-16-8-18(31-2)6-5-15(16)7-14)21(29)12-28-13-26-22-19(23(28)30)9-17(24)10-20(22)25/h3-10,13H,11-12H2,1-2H3. The van der Waals surface area contributed by atoms with Crippen LogP contribution >= 0.6 is 23.2 Å². The maximum Gasteiger partial charge on any atom is 0.261 e. The molecule has 0 atom stereocenters. The van der Waals surface area contributed by atoms with Gasteiger partial charge in [0.15, 0.2) is 0 Å². The molecular weight excluding hydrogens is 437 g/mol. The first-order valence-corrected chi connectivity index (χ1v) is 10.3. The van der Waals surface area contributed by atoms with Gasteiger partial charge in [0.1, 0.15) is 12.3 Å². The molecule has 0 fully saturated rings. The minimum absolute atomic E-state index is 0.132. The van der Waals surface area contributed by atoms with Crippen LogP contribution in [0.15, 0.2) is 59.7 Å². The van der Waals surface area contributed by atoms with Crippen LogP contribution < -0.4 is 10.3 Å². The summed E-state index contributed by atoms with van der Waals surface area (Å²) in [5.41, 5.74) is 0.979. The molecule has 0 saturated heterocycles. The molecule has 0 unspecified atom stereocenters. The molecule has 8 heteroatoms. The van der Waals surface area contributed by atoms with Crippen LogP contribution in [0, 0.1) is 0 Å². The van der Waals surface area contributed by atoms with Crippen LogP contribution in [0.1, 0.15) is 5.56 Å². The van der Waals surface area contributed by atoms with Crippen LogP contribution in [0.5, 0.6) is 5.75 Å². The Kier molecular flexibility index (Phi) is 5.85. The molecule has 6 nitrogen and oxygen atoms in total. The number of hydrogen-bond acceptors (Lipinski definition) is 4. The van der Waals surface area contributed by atoms with Gasteiger partial charge in [-0.1, -0.05) is 41.4 Å². The summed E-state index contributed by atoms with van der Waals surface area (Å²) in [6.07, 6.45) is 1.33. The van der Waals surface area contributed by atoms with E-state index >= 15 is 0 Å². The molecule has 1 heterocycles. The predicted molar refractivity (Wildman–Crippen MR) is 123 cm³/mol. The van der Waals surface area contributed by atoms with Crippen molar-refractivity contribution < 1.29 is 9.53 Å². The number of likely N-dealkylation sites (N-methyl/N-ethyl adjacent to an activating group) is 1. The first-order chi connectivity index (χ1) is 14.9. The van der Waals surface area contributed by atoms with E-state index in [4.69, 9.17) is 27.9 Å². The van der Waals surface area contributed by atoms with E-state index in [1.807, 2.05) is 36.4 Å². The predicted octanol–water partition coefficient (Wildman–Crippen LogP) is 4.52. The Hall–Kier alpha value is -3.09. The van der Waals surface area contributed by atoms with Crippen molar-refractivity contribution in [1.29, 1.82) is 0 Å². The zero-order valence-electron chi connectivity index (χ0n) is 16.9. The lowest BCUT2D eigenvalue weighted by Gasteiger charge is -2.18. The number of benzene rings is 3. The van der Waals surface area contributed by atoms with Crippen LogP contribution in [0.3, 0.4) is 0 Å². The van der Waals surface area contributed by atoms with Gasteiger partial charge in [0, 0.05) is 18.6 Å². The van der Waals surface area contributed by atoms with Gasteiger partial charge in [-0.2, -0.15) is 0 Å². The molecule has 1 amide bonds.